The zero-order valence-corrected chi connectivity index (χ0v) is 16.1. The zero-order chi connectivity index (χ0) is 18.6. The van der Waals surface area contributed by atoms with Gasteiger partial charge in [0, 0.05) is 16.6 Å². The second kappa shape index (κ2) is 8.15. The van der Waals surface area contributed by atoms with Gasteiger partial charge in [-0.15, -0.1) is 0 Å². The summed E-state index contributed by atoms with van der Waals surface area (Å²) in [4.78, 5) is 17.3. The van der Waals surface area contributed by atoms with Crippen LogP contribution in [0.4, 0.5) is 0 Å². The molecule has 1 N–H and O–H groups in total. The third-order valence-electron chi connectivity index (χ3n) is 4.47. The first-order valence-electron chi connectivity index (χ1n) is 8.78. The summed E-state index contributed by atoms with van der Waals surface area (Å²) in [5, 5.41) is 7.77. The number of halogens is 1. The molecule has 27 heavy (non-hydrogen) atoms. The van der Waals surface area contributed by atoms with Crippen molar-refractivity contribution in [3.05, 3.63) is 59.1 Å². The Morgan fingerprint density at radius 2 is 1.96 bits per heavy atom. The van der Waals surface area contributed by atoms with Gasteiger partial charge in [-0.1, -0.05) is 41.0 Å². The molecule has 0 saturated carbocycles. The van der Waals surface area contributed by atoms with E-state index in [1.54, 1.807) is 18.2 Å². The van der Waals surface area contributed by atoms with Crippen LogP contribution < -0.4 is 5.32 Å². The summed E-state index contributed by atoms with van der Waals surface area (Å²) < 4.78 is 5.44. The van der Waals surface area contributed by atoms with E-state index in [-0.39, 0.29) is 11.9 Å². The first-order chi connectivity index (χ1) is 13.2. The Morgan fingerprint density at radius 1 is 1.15 bits per heavy atom. The molecule has 0 aliphatic carbocycles. The number of thioether (sulfide) groups is 1. The van der Waals surface area contributed by atoms with Crippen molar-refractivity contribution in [2.45, 2.75) is 18.9 Å². The lowest BCUT2D eigenvalue weighted by atomic mass is 10.1. The number of aromatic nitrogens is 2. The molecule has 1 aliphatic heterocycles. The van der Waals surface area contributed by atoms with Gasteiger partial charge in [-0.05, 0) is 48.6 Å². The van der Waals surface area contributed by atoms with Crippen molar-refractivity contribution in [2.24, 2.45) is 0 Å². The number of hydrogen-bond acceptors (Lipinski definition) is 5. The molecule has 4 rings (SSSR count). The molecule has 0 unspecified atom stereocenters. The molecular weight excluding hydrogens is 382 g/mol. The molecule has 1 saturated heterocycles. The minimum atomic E-state index is -0.106. The fourth-order valence-corrected chi connectivity index (χ4v) is 4.35. The van der Waals surface area contributed by atoms with Crippen molar-refractivity contribution in [1.82, 2.24) is 15.5 Å². The van der Waals surface area contributed by atoms with Crippen LogP contribution in [0.15, 0.2) is 53.1 Å². The largest absolute Gasteiger partial charge is 0.349 e. The quantitative estimate of drug-likeness (QED) is 0.689. The van der Waals surface area contributed by atoms with Gasteiger partial charge in [0.15, 0.2) is 0 Å². The third kappa shape index (κ3) is 4.17. The van der Waals surface area contributed by atoms with Gasteiger partial charge >= 0.3 is 0 Å². The molecule has 0 bridgehead atoms. The minimum absolute atomic E-state index is 0.106. The molecule has 138 valence electrons. The van der Waals surface area contributed by atoms with E-state index in [2.05, 4.69) is 15.5 Å². The number of hydrogen-bond donors (Lipinski definition) is 1. The molecule has 1 fully saturated rings. The van der Waals surface area contributed by atoms with Gasteiger partial charge < -0.3 is 9.84 Å². The van der Waals surface area contributed by atoms with Crippen molar-refractivity contribution in [3.63, 3.8) is 0 Å². The van der Waals surface area contributed by atoms with E-state index in [1.807, 2.05) is 42.1 Å². The van der Waals surface area contributed by atoms with Crippen LogP contribution in [0.2, 0.25) is 5.02 Å². The highest BCUT2D eigenvalue weighted by Crippen LogP contribution is 2.27. The summed E-state index contributed by atoms with van der Waals surface area (Å²) in [6.45, 7) is 0. The molecule has 3 aromatic rings. The molecule has 5 nitrogen and oxygen atoms in total. The number of nitrogens with one attached hydrogen (secondary N) is 1. The lowest BCUT2D eigenvalue weighted by Gasteiger charge is -2.22. The number of nitrogens with zero attached hydrogens (tertiary/aromatic N) is 2. The molecule has 0 radical (unpaired) electrons. The number of carbonyl (C=O) groups excluding carboxylic acids is 1. The van der Waals surface area contributed by atoms with Gasteiger partial charge in [0.1, 0.15) is 0 Å². The number of rotatable bonds is 4. The Kier molecular flexibility index (Phi) is 5.45. The van der Waals surface area contributed by atoms with E-state index in [0.29, 0.717) is 27.9 Å². The topological polar surface area (TPSA) is 68.0 Å². The lowest BCUT2D eigenvalue weighted by molar-refractivity contribution is 0.0935. The summed E-state index contributed by atoms with van der Waals surface area (Å²) in [6, 6.07) is 14.8. The van der Waals surface area contributed by atoms with Crippen molar-refractivity contribution < 1.29 is 9.32 Å². The average Bonchev–Trinajstić information content (AvgIpc) is 3.19. The molecule has 1 amide bonds. The molecule has 0 spiro atoms. The molecule has 2 heterocycles. The lowest BCUT2D eigenvalue weighted by Crippen LogP contribution is -2.37. The van der Waals surface area contributed by atoms with Crippen LogP contribution in [0.5, 0.6) is 0 Å². The van der Waals surface area contributed by atoms with Gasteiger partial charge in [0.25, 0.3) is 11.8 Å². The maximum atomic E-state index is 12.8. The maximum absolute atomic E-state index is 12.8. The van der Waals surface area contributed by atoms with E-state index in [9.17, 15) is 4.79 Å². The summed E-state index contributed by atoms with van der Waals surface area (Å²) in [5.74, 6) is 2.81. The first kappa shape index (κ1) is 18.1. The molecule has 1 aliphatic rings. The fourth-order valence-electron chi connectivity index (χ4n) is 3.05. The Bertz CT molecular complexity index is 954. The summed E-state index contributed by atoms with van der Waals surface area (Å²) in [5.41, 5.74) is 1.93. The van der Waals surface area contributed by atoms with E-state index < -0.39 is 0 Å². The Labute approximate surface area is 166 Å². The van der Waals surface area contributed by atoms with Crippen molar-refractivity contribution in [2.75, 3.05) is 11.5 Å². The Balaban J connectivity index is 1.60. The van der Waals surface area contributed by atoms with Crippen LogP contribution in [0.25, 0.3) is 22.8 Å². The SMILES string of the molecule is O=C(NC1CCSCC1)c1ccccc1-c1nc(-c2cccc(Cl)c2)no1. The zero-order valence-electron chi connectivity index (χ0n) is 14.5. The molecule has 0 atom stereocenters. The van der Waals surface area contributed by atoms with Crippen LogP contribution >= 0.6 is 23.4 Å². The van der Waals surface area contributed by atoms with Gasteiger partial charge in [0.05, 0.1) is 11.1 Å². The summed E-state index contributed by atoms with van der Waals surface area (Å²) in [7, 11) is 0. The monoisotopic (exact) mass is 399 g/mol. The van der Waals surface area contributed by atoms with Crippen LogP contribution in [0.3, 0.4) is 0 Å². The minimum Gasteiger partial charge on any atom is -0.349 e. The molecule has 1 aromatic heterocycles. The second-order valence-electron chi connectivity index (χ2n) is 6.34. The Morgan fingerprint density at radius 3 is 2.78 bits per heavy atom. The molecule has 2 aromatic carbocycles. The average molecular weight is 400 g/mol. The van der Waals surface area contributed by atoms with Crippen molar-refractivity contribution in [1.29, 1.82) is 0 Å². The van der Waals surface area contributed by atoms with Crippen molar-refractivity contribution >= 4 is 29.3 Å². The van der Waals surface area contributed by atoms with Gasteiger partial charge in [-0.25, -0.2) is 0 Å². The fraction of sp³-hybridized carbons (Fsp3) is 0.250. The van der Waals surface area contributed by atoms with E-state index in [4.69, 9.17) is 16.1 Å². The van der Waals surface area contributed by atoms with Gasteiger partial charge in [0.2, 0.25) is 5.82 Å². The van der Waals surface area contributed by atoms with Gasteiger partial charge in [-0.2, -0.15) is 16.7 Å². The number of benzene rings is 2. The van der Waals surface area contributed by atoms with Gasteiger partial charge in [-0.3, -0.25) is 4.79 Å². The highest BCUT2D eigenvalue weighted by Gasteiger charge is 2.21. The first-order valence-corrected chi connectivity index (χ1v) is 10.3. The smallest absolute Gasteiger partial charge is 0.259 e. The normalized spacial score (nSPS) is 14.9. The Hall–Kier alpha value is -2.31. The van der Waals surface area contributed by atoms with E-state index in [0.717, 1.165) is 29.9 Å². The predicted octanol–water partition coefficient (Wildman–Crippen LogP) is 4.68. The molecular formula is C20H18ClN3O2S. The highest BCUT2D eigenvalue weighted by molar-refractivity contribution is 7.99. The molecule has 7 heteroatoms. The van der Waals surface area contributed by atoms with Crippen LogP contribution in [-0.4, -0.2) is 33.6 Å². The van der Waals surface area contributed by atoms with Crippen LogP contribution in [-0.2, 0) is 0 Å². The van der Waals surface area contributed by atoms with Crippen LogP contribution in [0.1, 0.15) is 23.2 Å². The highest BCUT2D eigenvalue weighted by atomic mass is 35.5. The summed E-state index contributed by atoms with van der Waals surface area (Å²) in [6.07, 6.45) is 2.00. The standard InChI is InChI=1S/C20H18ClN3O2S/c21-14-5-3-4-13(12-14)18-23-20(26-24-18)17-7-2-1-6-16(17)19(25)22-15-8-10-27-11-9-15/h1-7,12,15H,8-11H2,(H,22,25). The third-order valence-corrected chi connectivity index (χ3v) is 5.75. The number of amides is 1. The second-order valence-corrected chi connectivity index (χ2v) is 8.00. The van der Waals surface area contributed by atoms with E-state index in [1.165, 1.54) is 0 Å². The summed E-state index contributed by atoms with van der Waals surface area (Å²) >= 11 is 7.97. The van der Waals surface area contributed by atoms with E-state index >= 15 is 0 Å². The van der Waals surface area contributed by atoms with Crippen LogP contribution in [0, 0.1) is 0 Å². The predicted molar refractivity (Wildman–Crippen MR) is 108 cm³/mol. The maximum Gasteiger partial charge on any atom is 0.259 e. The number of carbonyl (C=O) groups is 1. The van der Waals surface area contributed by atoms with Crippen molar-refractivity contribution in [3.8, 4) is 22.8 Å².